The van der Waals surface area contributed by atoms with Crippen molar-refractivity contribution in [2.75, 3.05) is 7.05 Å². The predicted molar refractivity (Wildman–Crippen MR) is 41.2 cm³/mol. The second-order valence-electron chi connectivity index (χ2n) is 2.37. The lowest BCUT2D eigenvalue weighted by molar-refractivity contribution is 0.0827. The van der Waals surface area contributed by atoms with Crippen LogP contribution in [0.15, 0.2) is 16.5 Å². The molecule has 0 aliphatic rings. The molecule has 1 aromatic heterocycles. The highest BCUT2D eigenvalue weighted by molar-refractivity contribution is 5.92. The summed E-state index contributed by atoms with van der Waals surface area (Å²) in [5.74, 6) is 0.423. The van der Waals surface area contributed by atoms with Crippen LogP contribution in [0.4, 0.5) is 0 Å². The normalized spacial score (nSPS) is 9.08. The van der Waals surface area contributed by atoms with Crippen molar-refractivity contribution in [1.82, 2.24) is 4.90 Å². The molecule has 62 valence electrons. The molecule has 4 heteroatoms. The smallest absolute Gasteiger partial charge is 0.302 e. The minimum Gasteiger partial charge on any atom is -0.456 e. The summed E-state index contributed by atoms with van der Waals surface area (Å²) in [7, 11) is 1.39. The average Bonchev–Trinajstić information content (AvgIpc) is 2.49. The van der Waals surface area contributed by atoms with E-state index < -0.39 is 5.91 Å². The fraction of sp³-hybridized carbons (Fsp3) is 0.250. The Balaban J connectivity index is 2.87. The first kappa shape index (κ1) is 8.34. The predicted octanol–water partition coefficient (Wildman–Crippen LogP) is 1.14. The van der Waals surface area contributed by atoms with E-state index in [1.165, 1.54) is 7.05 Å². The van der Waals surface area contributed by atoms with E-state index in [1.54, 1.807) is 25.2 Å². The molecule has 1 heterocycles. The molecule has 0 unspecified atom stereocenters. The molecule has 0 atom stereocenters. The standard InChI is InChI=1S/C8H8N2O2/c1-6-3-4-7(12-6)8(11)10(2)5-9/h3-4H,1-2H3. The van der Waals surface area contributed by atoms with Crippen molar-refractivity contribution in [3.05, 3.63) is 23.7 Å². The van der Waals surface area contributed by atoms with Crippen LogP contribution < -0.4 is 0 Å². The lowest BCUT2D eigenvalue weighted by Gasteiger charge is -2.02. The molecule has 0 aromatic carbocycles. The zero-order chi connectivity index (χ0) is 9.14. The minimum absolute atomic E-state index is 0.191. The van der Waals surface area contributed by atoms with Crippen LogP contribution in [0.5, 0.6) is 0 Å². The van der Waals surface area contributed by atoms with Crippen LogP contribution in [0, 0.1) is 18.4 Å². The summed E-state index contributed by atoms with van der Waals surface area (Å²) < 4.78 is 5.03. The average molecular weight is 164 g/mol. The van der Waals surface area contributed by atoms with Gasteiger partial charge in [0.15, 0.2) is 12.0 Å². The highest BCUT2D eigenvalue weighted by Gasteiger charge is 2.13. The molecule has 0 spiro atoms. The molecule has 1 rings (SSSR count). The third kappa shape index (κ3) is 1.45. The maximum absolute atomic E-state index is 11.2. The van der Waals surface area contributed by atoms with Crippen LogP contribution in [0.25, 0.3) is 0 Å². The van der Waals surface area contributed by atoms with Gasteiger partial charge in [0.1, 0.15) is 5.76 Å². The zero-order valence-electron chi connectivity index (χ0n) is 6.87. The molecule has 1 amide bonds. The Morgan fingerprint density at radius 1 is 1.67 bits per heavy atom. The van der Waals surface area contributed by atoms with Crippen LogP contribution in [0.1, 0.15) is 16.3 Å². The monoisotopic (exact) mass is 164 g/mol. The summed E-state index contributed by atoms with van der Waals surface area (Å²) in [6, 6.07) is 3.23. The van der Waals surface area contributed by atoms with Gasteiger partial charge in [0.25, 0.3) is 0 Å². The first-order valence-corrected chi connectivity index (χ1v) is 3.39. The third-order valence-electron chi connectivity index (χ3n) is 1.41. The van der Waals surface area contributed by atoms with E-state index in [0.717, 1.165) is 4.90 Å². The molecule has 0 saturated carbocycles. The quantitative estimate of drug-likeness (QED) is 0.462. The Kier molecular flexibility index (Phi) is 2.15. The van der Waals surface area contributed by atoms with Crippen LogP contribution in [0.2, 0.25) is 0 Å². The fourth-order valence-electron chi connectivity index (χ4n) is 0.760. The molecule has 0 N–H and O–H groups in total. The van der Waals surface area contributed by atoms with Crippen LogP contribution in [-0.2, 0) is 0 Å². The molecule has 12 heavy (non-hydrogen) atoms. The lowest BCUT2D eigenvalue weighted by Crippen LogP contribution is -2.20. The van der Waals surface area contributed by atoms with E-state index in [2.05, 4.69) is 0 Å². The Hall–Kier alpha value is -1.76. The van der Waals surface area contributed by atoms with Gasteiger partial charge in [-0.2, -0.15) is 5.26 Å². The van der Waals surface area contributed by atoms with Crippen molar-refractivity contribution in [3.63, 3.8) is 0 Å². The molecule has 0 fully saturated rings. The van der Waals surface area contributed by atoms with E-state index in [-0.39, 0.29) is 5.76 Å². The maximum Gasteiger partial charge on any atom is 0.302 e. The minimum atomic E-state index is -0.425. The number of rotatable bonds is 1. The molecule has 0 bridgehead atoms. The molecule has 1 aromatic rings. The summed E-state index contributed by atoms with van der Waals surface area (Å²) >= 11 is 0. The Morgan fingerprint density at radius 3 is 2.75 bits per heavy atom. The number of aryl methyl sites for hydroxylation is 1. The Morgan fingerprint density at radius 2 is 2.33 bits per heavy atom. The topological polar surface area (TPSA) is 57.2 Å². The van der Waals surface area contributed by atoms with Crippen LogP contribution in [-0.4, -0.2) is 17.9 Å². The van der Waals surface area contributed by atoms with Gasteiger partial charge in [0.05, 0.1) is 0 Å². The van der Waals surface area contributed by atoms with E-state index >= 15 is 0 Å². The van der Waals surface area contributed by atoms with Crippen molar-refractivity contribution in [3.8, 4) is 6.19 Å². The first-order valence-electron chi connectivity index (χ1n) is 3.39. The van der Waals surface area contributed by atoms with Gasteiger partial charge in [-0.25, -0.2) is 4.90 Å². The lowest BCUT2D eigenvalue weighted by atomic mass is 10.4. The number of carbonyl (C=O) groups excluding carboxylic acids is 1. The largest absolute Gasteiger partial charge is 0.456 e. The summed E-state index contributed by atoms with van der Waals surface area (Å²) in [5, 5.41) is 8.39. The number of amides is 1. The van der Waals surface area contributed by atoms with E-state index in [9.17, 15) is 4.79 Å². The number of hydrogen-bond acceptors (Lipinski definition) is 3. The zero-order valence-corrected chi connectivity index (χ0v) is 6.87. The van der Waals surface area contributed by atoms with Gasteiger partial charge in [0.2, 0.25) is 0 Å². The second-order valence-corrected chi connectivity index (χ2v) is 2.37. The summed E-state index contributed by atoms with van der Waals surface area (Å²) in [4.78, 5) is 12.1. The summed E-state index contributed by atoms with van der Waals surface area (Å²) in [5.41, 5.74) is 0. The van der Waals surface area contributed by atoms with Gasteiger partial charge < -0.3 is 4.42 Å². The van der Waals surface area contributed by atoms with Crippen LogP contribution >= 0.6 is 0 Å². The van der Waals surface area contributed by atoms with Gasteiger partial charge in [-0.1, -0.05) is 0 Å². The maximum atomic E-state index is 11.2. The number of furan rings is 1. The number of hydrogen-bond donors (Lipinski definition) is 0. The number of nitrogens with zero attached hydrogens (tertiary/aromatic N) is 2. The molecule has 0 radical (unpaired) electrons. The van der Waals surface area contributed by atoms with Crippen molar-refractivity contribution in [2.45, 2.75) is 6.92 Å². The van der Waals surface area contributed by atoms with E-state index in [1.807, 2.05) is 0 Å². The van der Waals surface area contributed by atoms with Crippen molar-refractivity contribution in [1.29, 1.82) is 5.26 Å². The number of nitriles is 1. The first-order chi connectivity index (χ1) is 5.65. The molecule has 0 aliphatic heterocycles. The van der Waals surface area contributed by atoms with E-state index in [4.69, 9.17) is 9.68 Å². The highest BCUT2D eigenvalue weighted by Crippen LogP contribution is 2.07. The van der Waals surface area contributed by atoms with E-state index in [0.29, 0.717) is 5.76 Å². The number of carbonyl (C=O) groups is 1. The second kappa shape index (κ2) is 3.09. The molecular formula is C8H8N2O2. The highest BCUT2D eigenvalue weighted by atomic mass is 16.3. The van der Waals surface area contributed by atoms with Crippen molar-refractivity contribution >= 4 is 5.91 Å². The van der Waals surface area contributed by atoms with Gasteiger partial charge in [-0.3, -0.25) is 4.79 Å². The summed E-state index contributed by atoms with van der Waals surface area (Å²) in [6.45, 7) is 1.74. The fourth-order valence-corrected chi connectivity index (χ4v) is 0.760. The van der Waals surface area contributed by atoms with Crippen LogP contribution in [0.3, 0.4) is 0 Å². The Bertz CT molecular complexity index is 335. The summed E-state index contributed by atoms with van der Waals surface area (Å²) in [6.07, 6.45) is 1.70. The SMILES string of the molecule is Cc1ccc(C(=O)N(C)C#N)o1. The van der Waals surface area contributed by atoms with Gasteiger partial charge in [0, 0.05) is 7.05 Å². The van der Waals surface area contributed by atoms with Crippen molar-refractivity contribution in [2.24, 2.45) is 0 Å². The van der Waals surface area contributed by atoms with Gasteiger partial charge in [-0.15, -0.1) is 0 Å². The Labute approximate surface area is 70.0 Å². The van der Waals surface area contributed by atoms with Gasteiger partial charge >= 0.3 is 5.91 Å². The molecular weight excluding hydrogens is 156 g/mol. The van der Waals surface area contributed by atoms with Gasteiger partial charge in [-0.05, 0) is 19.1 Å². The van der Waals surface area contributed by atoms with Crippen molar-refractivity contribution < 1.29 is 9.21 Å². The molecule has 0 saturated heterocycles. The molecule has 4 nitrogen and oxygen atoms in total. The molecule has 0 aliphatic carbocycles. The third-order valence-corrected chi connectivity index (χ3v) is 1.41.